The van der Waals surface area contributed by atoms with Gasteiger partial charge in [0, 0.05) is 36.9 Å². The van der Waals surface area contributed by atoms with Gasteiger partial charge in [0.15, 0.2) is 5.82 Å². The summed E-state index contributed by atoms with van der Waals surface area (Å²) in [6.07, 6.45) is 1.35. The molecule has 0 saturated carbocycles. The molecule has 0 radical (unpaired) electrons. The number of pyridine rings is 1. The molecule has 2 N–H and O–H groups in total. The maximum Gasteiger partial charge on any atom is 0.321 e. The van der Waals surface area contributed by atoms with Crippen molar-refractivity contribution in [1.29, 1.82) is 5.26 Å². The van der Waals surface area contributed by atoms with Crippen molar-refractivity contribution >= 4 is 17.8 Å². The van der Waals surface area contributed by atoms with Crippen LogP contribution >= 0.6 is 0 Å². The molecule has 2 aromatic rings. The first-order valence-electron chi connectivity index (χ1n) is 10.7. The van der Waals surface area contributed by atoms with E-state index in [1.165, 1.54) is 12.3 Å². The number of nitrogens with one attached hydrogen (secondary N) is 2. The molecular formula is C22H28N8O2. The summed E-state index contributed by atoms with van der Waals surface area (Å²) >= 11 is 0. The molecule has 1 fully saturated rings. The van der Waals surface area contributed by atoms with Gasteiger partial charge in [-0.2, -0.15) is 10.4 Å². The summed E-state index contributed by atoms with van der Waals surface area (Å²) in [7, 11) is 2.08. The molecule has 2 aliphatic rings. The van der Waals surface area contributed by atoms with Gasteiger partial charge in [0.2, 0.25) is 0 Å². The molecule has 0 aliphatic carbocycles. The standard InChI is InChI=1S/C22H28N8O2/c1-13-11-29(14(2)10-28(13)5)21(32)30-12-16-18(22(30,3)4)26-27-19(16)25-20(31)17-7-6-15(8-23)9-24-17/h6-7,9,13-14H,10-12H2,1-5H3,(H2,25,26,27,31)/t13-,14+/m1/s1. The Morgan fingerprint density at radius 3 is 2.66 bits per heavy atom. The van der Waals surface area contributed by atoms with Crippen LogP contribution in [0.15, 0.2) is 18.3 Å². The Hall–Kier alpha value is -3.45. The Kier molecular flexibility index (Phi) is 5.38. The number of nitrogens with zero attached hydrogens (tertiary/aromatic N) is 6. The van der Waals surface area contributed by atoms with E-state index in [2.05, 4.69) is 46.3 Å². The van der Waals surface area contributed by atoms with E-state index in [0.29, 0.717) is 24.5 Å². The predicted octanol–water partition coefficient (Wildman–Crippen LogP) is 2.12. The molecule has 10 heteroatoms. The fourth-order valence-corrected chi connectivity index (χ4v) is 4.41. The molecule has 4 rings (SSSR count). The second-order valence-electron chi connectivity index (χ2n) is 9.14. The lowest BCUT2D eigenvalue weighted by Crippen LogP contribution is -2.60. The average Bonchev–Trinajstić information content (AvgIpc) is 3.28. The molecule has 2 aromatic heterocycles. The number of H-pyrrole nitrogens is 1. The number of amides is 3. The highest BCUT2D eigenvalue weighted by molar-refractivity contribution is 6.02. The molecule has 0 unspecified atom stereocenters. The number of rotatable bonds is 2. The maximum absolute atomic E-state index is 13.5. The number of carbonyl (C=O) groups excluding carboxylic acids is 2. The molecule has 10 nitrogen and oxygen atoms in total. The van der Waals surface area contributed by atoms with Crippen LogP contribution in [-0.4, -0.2) is 74.0 Å². The van der Waals surface area contributed by atoms with E-state index < -0.39 is 11.4 Å². The van der Waals surface area contributed by atoms with E-state index in [9.17, 15) is 9.59 Å². The summed E-state index contributed by atoms with van der Waals surface area (Å²) in [5.41, 5.74) is 1.57. The minimum Gasteiger partial charge on any atom is -0.319 e. The minimum absolute atomic E-state index is 0.0157. The van der Waals surface area contributed by atoms with E-state index in [4.69, 9.17) is 5.26 Å². The Morgan fingerprint density at radius 2 is 2.00 bits per heavy atom. The van der Waals surface area contributed by atoms with Gasteiger partial charge < -0.3 is 15.1 Å². The number of urea groups is 1. The molecule has 32 heavy (non-hydrogen) atoms. The van der Waals surface area contributed by atoms with Crippen LogP contribution in [0.2, 0.25) is 0 Å². The van der Waals surface area contributed by atoms with Gasteiger partial charge in [-0.25, -0.2) is 9.78 Å². The highest BCUT2D eigenvalue weighted by atomic mass is 16.2. The van der Waals surface area contributed by atoms with E-state index in [0.717, 1.165) is 17.8 Å². The normalized spacial score (nSPS) is 22.4. The Balaban J connectivity index is 1.53. The summed E-state index contributed by atoms with van der Waals surface area (Å²) in [4.78, 5) is 36.2. The number of hydrogen-bond donors (Lipinski definition) is 2. The van der Waals surface area contributed by atoms with E-state index in [1.807, 2.05) is 29.7 Å². The summed E-state index contributed by atoms with van der Waals surface area (Å²) in [6.45, 7) is 10.00. The van der Waals surface area contributed by atoms with Crippen LogP contribution < -0.4 is 5.32 Å². The molecular weight excluding hydrogens is 408 g/mol. The van der Waals surface area contributed by atoms with Crippen LogP contribution in [0.4, 0.5) is 10.6 Å². The highest BCUT2D eigenvalue weighted by Crippen LogP contribution is 2.41. The topological polar surface area (TPSA) is 121 Å². The molecule has 168 valence electrons. The predicted molar refractivity (Wildman–Crippen MR) is 118 cm³/mol. The van der Waals surface area contributed by atoms with Crippen LogP contribution in [0.3, 0.4) is 0 Å². The summed E-state index contributed by atoms with van der Waals surface area (Å²) < 4.78 is 0. The zero-order valence-corrected chi connectivity index (χ0v) is 19.0. The number of aromatic nitrogens is 3. The number of piperazine rings is 1. The second kappa shape index (κ2) is 7.91. The van der Waals surface area contributed by atoms with E-state index in [-0.39, 0.29) is 23.8 Å². The van der Waals surface area contributed by atoms with Crippen LogP contribution in [0, 0.1) is 11.3 Å². The summed E-state index contributed by atoms with van der Waals surface area (Å²) in [6, 6.07) is 5.39. The van der Waals surface area contributed by atoms with Crippen molar-refractivity contribution in [2.24, 2.45) is 0 Å². The quantitative estimate of drug-likeness (QED) is 0.744. The van der Waals surface area contributed by atoms with Gasteiger partial charge in [0.25, 0.3) is 5.91 Å². The third-order valence-electron chi connectivity index (χ3n) is 6.60. The van der Waals surface area contributed by atoms with Crippen LogP contribution in [-0.2, 0) is 12.1 Å². The number of anilines is 1. The van der Waals surface area contributed by atoms with Gasteiger partial charge in [-0.05, 0) is 46.9 Å². The lowest BCUT2D eigenvalue weighted by Gasteiger charge is -2.45. The summed E-state index contributed by atoms with van der Waals surface area (Å²) in [5, 5.41) is 19.0. The Bertz CT molecular complexity index is 1080. The minimum atomic E-state index is -0.596. The number of hydrogen-bond acceptors (Lipinski definition) is 6. The lowest BCUT2D eigenvalue weighted by atomic mass is 10.0. The smallest absolute Gasteiger partial charge is 0.319 e. The molecule has 1 saturated heterocycles. The maximum atomic E-state index is 13.5. The summed E-state index contributed by atoms with van der Waals surface area (Å²) in [5.74, 6) is -0.0350. The number of carbonyl (C=O) groups is 2. The van der Waals surface area contributed by atoms with Gasteiger partial charge in [-0.1, -0.05) is 0 Å². The van der Waals surface area contributed by atoms with E-state index >= 15 is 0 Å². The van der Waals surface area contributed by atoms with Gasteiger partial charge >= 0.3 is 6.03 Å². The highest BCUT2D eigenvalue weighted by Gasteiger charge is 2.46. The van der Waals surface area contributed by atoms with Gasteiger partial charge in [0.05, 0.1) is 23.3 Å². The van der Waals surface area contributed by atoms with E-state index in [1.54, 1.807) is 6.07 Å². The fraction of sp³-hybridized carbons (Fsp3) is 0.500. The first-order valence-corrected chi connectivity index (χ1v) is 10.7. The molecule has 0 aromatic carbocycles. The third-order valence-corrected chi connectivity index (χ3v) is 6.60. The molecule has 2 atom stereocenters. The molecule has 0 bridgehead atoms. The molecule has 4 heterocycles. The van der Waals surface area contributed by atoms with Crippen LogP contribution in [0.5, 0.6) is 0 Å². The first-order chi connectivity index (χ1) is 15.1. The van der Waals surface area contributed by atoms with Crippen molar-refractivity contribution in [3.8, 4) is 6.07 Å². The fourth-order valence-electron chi connectivity index (χ4n) is 4.41. The van der Waals surface area contributed by atoms with Crippen molar-refractivity contribution in [3.63, 3.8) is 0 Å². The number of likely N-dealkylation sites (N-methyl/N-ethyl adjacent to an activating group) is 1. The Labute approximate surface area is 187 Å². The SMILES string of the molecule is C[C@@H]1CN(C(=O)N2Cc3c(NC(=O)c4ccc(C#N)cn4)n[nH]c3C2(C)C)[C@@H](C)CN1C. The number of aromatic amines is 1. The van der Waals surface area contributed by atoms with Gasteiger partial charge in [-0.3, -0.25) is 14.8 Å². The van der Waals surface area contributed by atoms with Gasteiger partial charge in [-0.15, -0.1) is 0 Å². The van der Waals surface area contributed by atoms with Crippen molar-refractivity contribution in [2.75, 3.05) is 25.5 Å². The molecule has 2 aliphatic heterocycles. The van der Waals surface area contributed by atoms with Gasteiger partial charge in [0.1, 0.15) is 11.8 Å². The average molecular weight is 437 g/mol. The number of nitriles is 1. The van der Waals surface area contributed by atoms with Crippen LogP contribution in [0.25, 0.3) is 0 Å². The van der Waals surface area contributed by atoms with Crippen molar-refractivity contribution in [2.45, 2.75) is 51.9 Å². The van der Waals surface area contributed by atoms with Crippen molar-refractivity contribution in [1.82, 2.24) is 29.9 Å². The zero-order valence-electron chi connectivity index (χ0n) is 19.0. The monoisotopic (exact) mass is 436 g/mol. The number of fused-ring (bicyclic) bond motifs is 1. The second-order valence-corrected chi connectivity index (χ2v) is 9.14. The molecule has 3 amide bonds. The zero-order chi connectivity index (χ0) is 23.2. The lowest BCUT2D eigenvalue weighted by molar-refractivity contribution is 0.0457. The Morgan fingerprint density at radius 1 is 1.25 bits per heavy atom. The first kappa shape index (κ1) is 21.8. The van der Waals surface area contributed by atoms with Crippen molar-refractivity contribution < 1.29 is 9.59 Å². The van der Waals surface area contributed by atoms with Crippen molar-refractivity contribution in [3.05, 3.63) is 40.8 Å². The van der Waals surface area contributed by atoms with Crippen LogP contribution in [0.1, 0.15) is 55.0 Å². The largest absolute Gasteiger partial charge is 0.321 e. The third kappa shape index (κ3) is 3.58. The molecule has 0 spiro atoms.